The first-order valence-electron chi connectivity index (χ1n) is 20.0. The largest absolute Gasteiger partial charge is 0.478 e. The number of esters is 1. The minimum absolute atomic E-state index is 0.00265. The third-order valence-electron chi connectivity index (χ3n) is 9.68. The molecule has 0 spiro atoms. The van der Waals surface area contributed by atoms with Crippen molar-refractivity contribution in [1.29, 1.82) is 0 Å². The Hall–Kier alpha value is -6.63. The molecule has 0 aliphatic rings. The van der Waals surface area contributed by atoms with Gasteiger partial charge < -0.3 is 34.0 Å². The summed E-state index contributed by atoms with van der Waals surface area (Å²) in [7, 11) is 0. The molecule has 0 bridgehead atoms. The van der Waals surface area contributed by atoms with Gasteiger partial charge >= 0.3 is 17.9 Å². The minimum atomic E-state index is -1.20. The summed E-state index contributed by atoms with van der Waals surface area (Å²) in [6.45, 7) is 2.76. The van der Waals surface area contributed by atoms with E-state index in [1.807, 2.05) is 97.1 Å². The zero-order valence-electron chi connectivity index (χ0n) is 33.7. The van der Waals surface area contributed by atoms with Crippen molar-refractivity contribution >= 4 is 17.9 Å². The van der Waals surface area contributed by atoms with E-state index >= 15 is 0 Å². The van der Waals surface area contributed by atoms with Crippen LogP contribution in [0.4, 0.5) is 0 Å². The van der Waals surface area contributed by atoms with Crippen molar-refractivity contribution in [1.82, 2.24) is 0 Å². The van der Waals surface area contributed by atoms with Crippen LogP contribution in [0, 0.1) is 0 Å². The van der Waals surface area contributed by atoms with Gasteiger partial charge in [-0.15, -0.1) is 0 Å². The van der Waals surface area contributed by atoms with Crippen molar-refractivity contribution < 1.29 is 53.3 Å². The first-order valence-corrected chi connectivity index (χ1v) is 20.0. The maximum absolute atomic E-state index is 13.0. The number of ether oxygens (including phenoxy) is 4. The summed E-state index contributed by atoms with van der Waals surface area (Å²) in [6.07, 6.45) is 2.60. The first-order chi connectivity index (χ1) is 29.8. The molecule has 6 aromatic carbocycles. The lowest BCUT2D eigenvalue weighted by molar-refractivity contribution is -0.217. The van der Waals surface area contributed by atoms with Crippen LogP contribution in [0.3, 0.4) is 0 Å². The lowest BCUT2D eigenvalue weighted by Gasteiger charge is -2.11. The molecule has 0 aliphatic carbocycles. The Balaban J connectivity index is 0.806. The second kappa shape index (κ2) is 23.2. The van der Waals surface area contributed by atoms with Gasteiger partial charge in [-0.2, -0.15) is 4.89 Å². The Morgan fingerprint density at radius 2 is 0.885 bits per heavy atom. The second-order valence-electron chi connectivity index (χ2n) is 14.2. The van der Waals surface area contributed by atoms with Gasteiger partial charge in [0.25, 0.3) is 0 Å². The Labute approximate surface area is 355 Å². The molecule has 0 unspecified atom stereocenters. The van der Waals surface area contributed by atoms with E-state index in [4.69, 9.17) is 28.7 Å². The average Bonchev–Trinajstić information content (AvgIpc) is 3.27. The molecule has 6 aromatic rings. The van der Waals surface area contributed by atoms with Crippen molar-refractivity contribution in [2.75, 3.05) is 39.6 Å². The maximum Gasteiger partial charge on any atom is 0.344 e. The number of carboxylic acids is 2. The van der Waals surface area contributed by atoms with Crippen molar-refractivity contribution in [3.8, 4) is 11.5 Å². The number of benzene rings is 6. The Morgan fingerprint density at radius 1 is 0.426 bits per heavy atom. The number of aromatic carboxylic acids is 2. The predicted octanol–water partition coefficient (Wildman–Crippen LogP) is 8.83. The molecule has 0 aliphatic heterocycles. The molecule has 0 saturated heterocycles. The van der Waals surface area contributed by atoms with E-state index in [1.165, 1.54) is 6.07 Å². The van der Waals surface area contributed by atoms with Gasteiger partial charge in [0.15, 0.2) is 5.75 Å². The van der Waals surface area contributed by atoms with E-state index in [0.717, 1.165) is 33.4 Å². The van der Waals surface area contributed by atoms with E-state index in [0.29, 0.717) is 82.4 Å². The molecular formula is C50H48O11. The highest BCUT2D eigenvalue weighted by Gasteiger charge is 2.20. The molecule has 11 heteroatoms. The minimum Gasteiger partial charge on any atom is -0.478 e. The van der Waals surface area contributed by atoms with Gasteiger partial charge in [0.2, 0.25) is 0 Å². The number of carbonyl (C=O) groups excluding carboxylic acids is 1. The summed E-state index contributed by atoms with van der Waals surface area (Å²) in [5.74, 6) is -2.13. The molecule has 0 amide bonds. The Kier molecular flexibility index (Phi) is 16.7. The van der Waals surface area contributed by atoms with E-state index in [-0.39, 0.29) is 23.3 Å². The molecule has 0 saturated carbocycles. The van der Waals surface area contributed by atoms with E-state index < -0.39 is 17.9 Å². The monoisotopic (exact) mass is 824 g/mol. The number of carboxylic acid groups (broad SMARTS) is 2. The van der Waals surface area contributed by atoms with Crippen LogP contribution in [0.25, 0.3) is 0 Å². The summed E-state index contributed by atoms with van der Waals surface area (Å²) >= 11 is 0. The van der Waals surface area contributed by atoms with Crippen molar-refractivity contribution in [2.45, 2.75) is 32.3 Å². The van der Waals surface area contributed by atoms with Gasteiger partial charge in [-0.25, -0.2) is 14.4 Å². The molecule has 2 N–H and O–H groups in total. The van der Waals surface area contributed by atoms with Crippen LogP contribution < -0.4 is 9.62 Å². The Morgan fingerprint density at radius 3 is 1.41 bits per heavy atom. The van der Waals surface area contributed by atoms with Crippen LogP contribution in [0.5, 0.6) is 11.5 Å². The van der Waals surface area contributed by atoms with Crippen molar-refractivity contribution in [2.24, 2.45) is 0 Å². The molecule has 11 nitrogen and oxygen atoms in total. The number of rotatable bonds is 24. The zero-order chi connectivity index (χ0) is 42.7. The third kappa shape index (κ3) is 14.3. The van der Waals surface area contributed by atoms with Crippen LogP contribution >= 0.6 is 0 Å². The fourth-order valence-electron chi connectivity index (χ4n) is 6.49. The lowest BCUT2D eigenvalue weighted by Crippen LogP contribution is -2.15. The number of carbonyl (C=O) groups is 3. The SMILES string of the molecule is O=C(O)c1ccc(Cc2ccccc2)cc1COOc1ccc(CCOCCOCCOCCc2ccc(OC(=O)c3cc(Cc4ccccc4)ccc3C(=O)O)cc2)cc1. The summed E-state index contributed by atoms with van der Waals surface area (Å²) in [6, 6.07) is 44.2. The highest BCUT2D eigenvalue weighted by atomic mass is 17.2. The van der Waals surface area contributed by atoms with Crippen molar-refractivity contribution in [3.05, 3.63) is 201 Å². The van der Waals surface area contributed by atoms with Crippen LogP contribution in [0.1, 0.15) is 70.0 Å². The lowest BCUT2D eigenvalue weighted by atomic mass is 9.99. The quantitative estimate of drug-likeness (QED) is 0.0198. The normalized spacial score (nSPS) is 11.0. The summed E-state index contributed by atoms with van der Waals surface area (Å²) in [4.78, 5) is 47.5. The molecule has 0 fully saturated rings. The van der Waals surface area contributed by atoms with Gasteiger partial charge in [0.05, 0.1) is 56.3 Å². The fraction of sp³-hybridized carbons (Fsp3) is 0.220. The van der Waals surface area contributed by atoms with Crippen LogP contribution in [0.15, 0.2) is 146 Å². The second-order valence-corrected chi connectivity index (χ2v) is 14.2. The fourth-order valence-corrected chi connectivity index (χ4v) is 6.49. The van der Waals surface area contributed by atoms with Gasteiger partial charge in [0, 0.05) is 0 Å². The maximum atomic E-state index is 13.0. The highest BCUT2D eigenvalue weighted by molar-refractivity contribution is 6.03. The van der Waals surface area contributed by atoms with E-state index in [1.54, 1.807) is 42.5 Å². The average molecular weight is 825 g/mol. The molecule has 0 heterocycles. The van der Waals surface area contributed by atoms with Crippen LogP contribution in [-0.2, 0) is 51.4 Å². The standard InChI is InChI=1S/C50H48O11/c51-48(52)45-21-15-40(31-38-7-3-1-4-8-38)33-42(45)35-59-61-44-19-13-37(14-20-44)24-26-57-28-30-58-29-27-56-25-23-36-11-17-43(18-12-36)60-50(55)47-34-41(16-22-46(47)49(53)54)32-39-9-5-2-6-10-39/h1-22,33-34H,23-32,35H2,(H,51,52)(H,53,54). The molecule has 61 heavy (non-hydrogen) atoms. The van der Waals surface area contributed by atoms with Crippen LogP contribution in [0.2, 0.25) is 0 Å². The van der Waals surface area contributed by atoms with Gasteiger partial charge in [-0.3, -0.25) is 0 Å². The van der Waals surface area contributed by atoms with E-state index in [9.17, 15) is 24.6 Å². The molecule has 0 radical (unpaired) electrons. The highest BCUT2D eigenvalue weighted by Crippen LogP contribution is 2.21. The summed E-state index contributed by atoms with van der Waals surface area (Å²) in [5, 5.41) is 19.3. The van der Waals surface area contributed by atoms with Gasteiger partial charge in [-0.1, -0.05) is 103 Å². The molecular weight excluding hydrogens is 777 g/mol. The molecule has 6 rings (SSSR count). The summed E-state index contributed by atoms with van der Waals surface area (Å²) < 4.78 is 22.6. The van der Waals surface area contributed by atoms with Gasteiger partial charge in [0.1, 0.15) is 12.4 Å². The zero-order valence-corrected chi connectivity index (χ0v) is 33.7. The summed E-state index contributed by atoms with van der Waals surface area (Å²) in [5.41, 5.74) is 6.63. The third-order valence-corrected chi connectivity index (χ3v) is 9.68. The molecule has 314 valence electrons. The number of hydrogen-bond acceptors (Lipinski definition) is 9. The first kappa shape index (κ1) is 43.9. The van der Waals surface area contributed by atoms with Gasteiger partial charge in [-0.05, 0) is 107 Å². The van der Waals surface area contributed by atoms with E-state index in [2.05, 4.69) is 0 Å². The van der Waals surface area contributed by atoms with Crippen LogP contribution in [-0.4, -0.2) is 67.8 Å². The number of hydrogen-bond donors (Lipinski definition) is 2. The van der Waals surface area contributed by atoms with Crippen molar-refractivity contribution in [3.63, 3.8) is 0 Å². The Bertz CT molecular complexity index is 2310. The molecule has 0 aromatic heterocycles. The molecule has 0 atom stereocenters. The smallest absolute Gasteiger partial charge is 0.344 e. The predicted molar refractivity (Wildman–Crippen MR) is 228 cm³/mol. The topological polar surface area (TPSA) is 147 Å².